The van der Waals surface area contributed by atoms with Crippen LogP contribution in [0, 0.1) is 0 Å². The van der Waals surface area contributed by atoms with Crippen LogP contribution in [0.2, 0.25) is 0 Å². The van der Waals surface area contributed by atoms with E-state index in [4.69, 9.17) is 0 Å². The van der Waals surface area contributed by atoms with Gasteiger partial charge in [-0.15, -0.1) is 0 Å². The van der Waals surface area contributed by atoms with Crippen molar-refractivity contribution in [2.75, 3.05) is 26.2 Å². The molecule has 1 aliphatic rings. The van der Waals surface area contributed by atoms with E-state index < -0.39 is 0 Å². The first kappa shape index (κ1) is 19.6. The van der Waals surface area contributed by atoms with Gasteiger partial charge >= 0.3 is 0 Å². The van der Waals surface area contributed by atoms with Gasteiger partial charge in [0, 0.05) is 37.8 Å². The lowest BCUT2D eigenvalue weighted by Crippen LogP contribution is -2.50. The van der Waals surface area contributed by atoms with Gasteiger partial charge in [0.05, 0.1) is 0 Å². The summed E-state index contributed by atoms with van der Waals surface area (Å²) in [6, 6.07) is 27.6. The summed E-state index contributed by atoms with van der Waals surface area (Å²) in [6.45, 7) is 2.19. The summed E-state index contributed by atoms with van der Waals surface area (Å²) in [5, 5.41) is 0. The number of rotatable bonds is 4. The van der Waals surface area contributed by atoms with Crippen LogP contribution in [0.1, 0.15) is 15.9 Å². The van der Waals surface area contributed by atoms with Crippen LogP contribution in [0.25, 0.3) is 17.2 Å². The highest BCUT2D eigenvalue weighted by Crippen LogP contribution is 2.20. The number of hydrogen-bond donors (Lipinski definition) is 0. The van der Waals surface area contributed by atoms with E-state index in [0.717, 1.165) is 16.7 Å². The molecular weight excluding hydrogens is 372 g/mol. The molecule has 3 aromatic carbocycles. The Balaban J connectivity index is 1.33. The molecule has 4 heteroatoms. The Morgan fingerprint density at radius 1 is 0.633 bits per heavy atom. The monoisotopic (exact) mass is 396 g/mol. The molecule has 1 saturated heterocycles. The third-order valence-corrected chi connectivity index (χ3v) is 5.34. The quantitative estimate of drug-likeness (QED) is 0.615. The molecule has 3 aromatic rings. The third kappa shape index (κ3) is 4.66. The van der Waals surface area contributed by atoms with E-state index in [-0.39, 0.29) is 11.8 Å². The van der Waals surface area contributed by atoms with Gasteiger partial charge in [0.15, 0.2) is 0 Å². The average Bonchev–Trinajstić information content (AvgIpc) is 2.83. The van der Waals surface area contributed by atoms with Crippen LogP contribution in [-0.2, 0) is 4.79 Å². The van der Waals surface area contributed by atoms with Crippen LogP contribution in [0.15, 0.2) is 91.0 Å². The first-order chi connectivity index (χ1) is 14.7. The third-order valence-electron chi connectivity index (χ3n) is 5.34. The summed E-state index contributed by atoms with van der Waals surface area (Å²) >= 11 is 0. The fraction of sp³-hybridized carbons (Fsp3) is 0.154. The minimum absolute atomic E-state index is 0.0153. The Bertz CT molecular complexity index is 1020. The van der Waals surface area contributed by atoms with E-state index in [1.807, 2.05) is 83.8 Å². The van der Waals surface area contributed by atoms with Gasteiger partial charge in [0.2, 0.25) is 5.91 Å². The molecule has 4 rings (SSSR count). The summed E-state index contributed by atoms with van der Waals surface area (Å²) in [4.78, 5) is 28.9. The molecule has 0 saturated carbocycles. The molecule has 0 atom stereocenters. The number of carbonyl (C=O) groups is 2. The molecular formula is C26H24N2O2. The topological polar surface area (TPSA) is 40.6 Å². The normalized spacial score (nSPS) is 14.1. The Morgan fingerprint density at radius 3 is 1.80 bits per heavy atom. The number of hydrogen-bond acceptors (Lipinski definition) is 2. The second kappa shape index (κ2) is 9.23. The number of amides is 2. The van der Waals surface area contributed by atoms with E-state index in [1.165, 1.54) is 0 Å². The van der Waals surface area contributed by atoms with E-state index in [2.05, 4.69) is 12.1 Å². The molecule has 0 aromatic heterocycles. The number of nitrogens with zero attached hydrogens (tertiary/aromatic N) is 2. The molecule has 0 aliphatic carbocycles. The van der Waals surface area contributed by atoms with E-state index >= 15 is 0 Å². The first-order valence-electron chi connectivity index (χ1n) is 10.2. The van der Waals surface area contributed by atoms with Crippen LogP contribution in [0.4, 0.5) is 0 Å². The molecule has 1 aliphatic heterocycles. The van der Waals surface area contributed by atoms with Crippen molar-refractivity contribution in [3.8, 4) is 11.1 Å². The van der Waals surface area contributed by atoms with Gasteiger partial charge in [-0.25, -0.2) is 0 Å². The van der Waals surface area contributed by atoms with Crippen LogP contribution in [0.3, 0.4) is 0 Å². The maximum Gasteiger partial charge on any atom is 0.253 e. The zero-order chi connectivity index (χ0) is 20.8. The van der Waals surface area contributed by atoms with E-state index in [0.29, 0.717) is 31.7 Å². The second-order valence-corrected chi connectivity index (χ2v) is 7.30. The van der Waals surface area contributed by atoms with Gasteiger partial charge < -0.3 is 9.80 Å². The predicted molar refractivity (Wildman–Crippen MR) is 120 cm³/mol. The molecule has 0 spiro atoms. The van der Waals surface area contributed by atoms with E-state index in [1.54, 1.807) is 11.0 Å². The Morgan fingerprint density at radius 2 is 1.17 bits per heavy atom. The van der Waals surface area contributed by atoms with Gasteiger partial charge in [-0.1, -0.05) is 72.8 Å². The van der Waals surface area contributed by atoms with Crippen molar-refractivity contribution in [3.05, 3.63) is 102 Å². The maximum absolute atomic E-state index is 12.8. The molecule has 0 N–H and O–H groups in total. The van der Waals surface area contributed by atoms with Crippen LogP contribution in [-0.4, -0.2) is 47.8 Å². The van der Waals surface area contributed by atoms with Gasteiger partial charge in [0.25, 0.3) is 5.91 Å². The average molecular weight is 396 g/mol. The highest BCUT2D eigenvalue weighted by Gasteiger charge is 2.23. The summed E-state index contributed by atoms with van der Waals surface area (Å²) in [7, 11) is 0. The Kier molecular flexibility index (Phi) is 6.04. The van der Waals surface area contributed by atoms with Crippen molar-refractivity contribution in [1.29, 1.82) is 0 Å². The van der Waals surface area contributed by atoms with Crippen molar-refractivity contribution < 1.29 is 9.59 Å². The highest BCUT2D eigenvalue weighted by atomic mass is 16.2. The summed E-state index contributed by atoms with van der Waals surface area (Å²) in [5.41, 5.74) is 3.90. The van der Waals surface area contributed by atoms with Crippen molar-refractivity contribution in [2.45, 2.75) is 0 Å². The molecule has 0 bridgehead atoms. The van der Waals surface area contributed by atoms with Crippen molar-refractivity contribution >= 4 is 17.9 Å². The number of carbonyl (C=O) groups excluding carboxylic acids is 2. The largest absolute Gasteiger partial charge is 0.336 e. The van der Waals surface area contributed by atoms with E-state index in [9.17, 15) is 9.59 Å². The number of benzene rings is 3. The van der Waals surface area contributed by atoms with Gasteiger partial charge in [-0.05, 0) is 34.9 Å². The minimum atomic E-state index is -0.0156. The molecule has 30 heavy (non-hydrogen) atoms. The van der Waals surface area contributed by atoms with Crippen molar-refractivity contribution in [2.24, 2.45) is 0 Å². The van der Waals surface area contributed by atoms with Crippen molar-refractivity contribution in [1.82, 2.24) is 9.80 Å². The fourth-order valence-corrected chi connectivity index (χ4v) is 3.59. The zero-order valence-electron chi connectivity index (χ0n) is 16.8. The van der Waals surface area contributed by atoms with Crippen molar-refractivity contribution in [3.63, 3.8) is 0 Å². The minimum Gasteiger partial charge on any atom is -0.336 e. The van der Waals surface area contributed by atoms with Crippen LogP contribution < -0.4 is 0 Å². The highest BCUT2D eigenvalue weighted by molar-refractivity contribution is 5.95. The molecule has 1 heterocycles. The lowest BCUT2D eigenvalue weighted by molar-refractivity contribution is -0.127. The summed E-state index contributed by atoms with van der Waals surface area (Å²) < 4.78 is 0. The summed E-state index contributed by atoms with van der Waals surface area (Å²) in [5.74, 6) is -0.000274. The molecule has 0 radical (unpaired) electrons. The Labute approximate surface area is 177 Å². The summed E-state index contributed by atoms with van der Waals surface area (Å²) in [6.07, 6.45) is 3.43. The molecule has 150 valence electrons. The van der Waals surface area contributed by atoms with Crippen LogP contribution >= 0.6 is 0 Å². The lowest BCUT2D eigenvalue weighted by atomic mass is 10.0. The molecule has 4 nitrogen and oxygen atoms in total. The standard InChI is InChI=1S/C26H24N2O2/c29-25(16-11-21-7-3-1-4-8-21)27-17-19-28(20-18-27)26(30)24-14-12-23(13-15-24)22-9-5-2-6-10-22/h1-16H,17-20H2/b16-11+. The van der Waals surface area contributed by atoms with Crippen LogP contribution in [0.5, 0.6) is 0 Å². The molecule has 2 amide bonds. The first-order valence-corrected chi connectivity index (χ1v) is 10.2. The SMILES string of the molecule is O=C(/C=C/c1ccccc1)N1CCN(C(=O)c2ccc(-c3ccccc3)cc2)CC1. The fourth-order valence-electron chi connectivity index (χ4n) is 3.59. The maximum atomic E-state index is 12.8. The lowest BCUT2D eigenvalue weighted by Gasteiger charge is -2.34. The molecule has 1 fully saturated rings. The zero-order valence-corrected chi connectivity index (χ0v) is 16.8. The van der Waals surface area contributed by atoms with Gasteiger partial charge in [0.1, 0.15) is 0 Å². The second-order valence-electron chi connectivity index (χ2n) is 7.30. The van der Waals surface area contributed by atoms with Gasteiger partial charge in [-0.2, -0.15) is 0 Å². The molecule has 0 unspecified atom stereocenters. The smallest absolute Gasteiger partial charge is 0.253 e. The predicted octanol–water partition coefficient (Wildman–Crippen LogP) is 4.35. The van der Waals surface area contributed by atoms with Gasteiger partial charge in [-0.3, -0.25) is 9.59 Å². The number of piperazine rings is 1. The Hall–Kier alpha value is -3.66.